The molecule has 3 heterocycles. The van der Waals surface area contributed by atoms with Crippen LogP contribution in [0.5, 0.6) is 0 Å². The van der Waals surface area contributed by atoms with Crippen molar-refractivity contribution >= 4 is 76.2 Å². The van der Waals surface area contributed by atoms with E-state index in [9.17, 15) is 0 Å². The van der Waals surface area contributed by atoms with Gasteiger partial charge in [-0.3, -0.25) is 0 Å². The van der Waals surface area contributed by atoms with Crippen LogP contribution in [0, 0.1) is 0 Å². The van der Waals surface area contributed by atoms with Crippen molar-refractivity contribution in [2.24, 2.45) is 0 Å². The van der Waals surface area contributed by atoms with Gasteiger partial charge in [-0.15, -0.1) is 0 Å². The van der Waals surface area contributed by atoms with E-state index >= 15 is 0 Å². The summed E-state index contributed by atoms with van der Waals surface area (Å²) in [7, 11) is 0. The van der Waals surface area contributed by atoms with E-state index in [-0.39, 0.29) is 0 Å². The van der Waals surface area contributed by atoms with Crippen molar-refractivity contribution in [3.05, 3.63) is 176 Å². The molecule has 0 aliphatic carbocycles. The molecule has 0 aliphatic heterocycles. The van der Waals surface area contributed by atoms with Crippen molar-refractivity contribution < 1.29 is 8.83 Å². The second-order valence-electron chi connectivity index (χ2n) is 14.4. The minimum Gasteiger partial charge on any atom is -0.456 e. The van der Waals surface area contributed by atoms with E-state index in [1.54, 1.807) is 0 Å². The second kappa shape index (κ2) is 11.9. The summed E-state index contributed by atoms with van der Waals surface area (Å²) >= 11 is 0. The van der Waals surface area contributed by atoms with Crippen LogP contribution in [-0.4, -0.2) is 15.0 Å². The highest BCUT2D eigenvalue weighted by Gasteiger charge is 2.21. The van der Waals surface area contributed by atoms with Crippen LogP contribution in [-0.2, 0) is 0 Å². The topological polar surface area (TPSA) is 65.0 Å². The fraction of sp³-hybridized carbons (Fsp3) is 0. The third-order valence-corrected chi connectivity index (χ3v) is 11.1. The van der Waals surface area contributed by atoms with Crippen molar-refractivity contribution in [1.82, 2.24) is 15.0 Å². The number of furan rings is 2. The Labute approximate surface area is 320 Å². The van der Waals surface area contributed by atoms with Crippen LogP contribution in [0.15, 0.2) is 185 Å². The number of nitrogens with zero attached hydrogens (tertiary/aromatic N) is 3. The third kappa shape index (κ3) is 4.78. The molecule has 0 bridgehead atoms. The zero-order chi connectivity index (χ0) is 36.7. The molecule has 0 radical (unpaired) electrons. The number of hydrogen-bond donors (Lipinski definition) is 0. The van der Waals surface area contributed by atoms with Crippen LogP contribution < -0.4 is 0 Å². The van der Waals surface area contributed by atoms with Gasteiger partial charge in [0.15, 0.2) is 17.5 Å². The highest BCUT2D eigenvalue weighted by Crippen LogP contribution is 2.42. The predicted octanol–water partition coefficient (Wildman–Crippen LogP) is 13.8. The first-order chi connectivity index (χ1) is 27.7. The van der Waals surface area contributed by atoms with Crippen LogP contribution in [0.4, 0.5) is 0 Å². The molecular formula is C51H29N3O2. The zero-order valence-corrected chi connectivity index (χ0v) is 29.9. The highest BCUT2D eigenvalue weighted by atomic mass is 16.3. The first-order valence-electron chi connectivity index (χ1n) is 18.8. The average molecular weight is 716 g/mol. The van der Waals surface area contributed by atoms with Crippen molar-refractivity contribution in [1.29, 1.82) is 0 Å². The first-order valence-corrected chi connectivity index (χ1v) is 18.8. The normalized spacial score (nSPS) is 11.9. The summed E-state index contributed by atoms with van der Waals surface area (Å²) in [4.78, 5) is 15.6. The largest absolute Gasteiger partial charge is 0.456 e. The van der Waals surface area contributed by atoms with Gasteiger partial charge in [-0.25, -0.2) is 15.0 Å². The maximum atomic E-state index is 6.60. The number of hydrogen-bond acceptors (Lipinski definition) is 5. The summed E-state index contributed by atoms with van der Waals surface area (Å²) in [5.74, 6) is 1.79. The Morgan fingerprint density at radius 2 is 0.893 bits per heavy atom. The molecule has 260 valence electrons. The van der Waals surface area contributed by atoms with Crippen molar-refractivity contribution in [3.63, 3.8) is 0 Å². The van der Waals surface area contributed by atoms with Crippen LogP contribution in [0.25, 0.3) is 121 Å². The number of para-hydroxylation sites is 1. The predicted molar refractivity (Wildman–Crippen MR) is 229 cm³/mol. The van der Waals surface area contributed by atoms with Gasteiger partial charge in [0, 0.05) is 38.2 Å². The number of benzene rings is 9. The van der Waals surface area contributed by atoms with Crippen molar-refractivity contribution in [2.45, 2.75) is 0 Å². The smallest absolute Gasteiger partial charge is 0.164 e. The number of rotatable bonds is 4. The van der Waals surface area contributed by atoms with Gasteiger partial charge in [0.2, 0.25) is 0 Å². The third-order valence-electron chi connectivity index (χ3n) is 11.1. The Morgan fingerprint density at radius 1 is 0.286 bits per heavy atom. The summed E-state index contributed by atoms with van der Waals surface area (Å²) < 4.78 is 13.0. The Hall–Kier alpha value is -7.63. The molecule has 12 rings (SSSR count). The van der Waals surface area contributed by atoms with Gasteiger partial charge in [0.25, 0.3) is 0 Å². The molecule has 56 heavy (non-hydrogen) atoms. The second-order valence-corrected chi connectivity index (χ2v) is 14.4. The van der Waals surface area contributed by atoms with E-state index in [1.165, 1.54) is 26.9 Å². The molecule has 5 heteroatoms. The van der Waals surface area contributed by atoms with Gasteiger partial charge < -0.3 is 8.83 Å². The Kier molecular flexibility index (Phi) is 6.56. The summed E-state index contributed by atoms with van der Waals surface area (Å²) in [6.45, 7) is 0. The summed E-state index contributed by atoms with van der Waals surface area (Å²) in [6, 6.07) is 61.0. The quantitative estimate of drug-likeness (QED) is 0.170. The summed E-state index contributed by atoms with van der Waals surface area (Å²) in [6.07, 6.45) is 0. The number of aromatic nitrogens is 3. The van der Waals surface area contributed by atoms with Gasteiger partial charge >= 0.3 is 0 Å². The molecule has 0 spiro atoms. The minimum absolute atomic E-state index is 0.576. The Balaban J connectivity index is 1.11. The molecule has 0 saturated heterocycles. The molecule has 0 aliphatic rings. The fourth-order valence-corrected chi connectivity index (χ4v) is 8.42. The fourth-order valence-electron chi connectivity index (χ4n) is 8.42. The van der Waals surface area contributed by atoms with E-state index in [0.717, 1.165) is 77.1 Å². The maximum absolute atomic E-state index is 6.60. The lowest BCUT2D eigenvalue weighted by molar-refractivity contribution is 0.669. The molecule has 0 amide bonds. The summed E-state index contributed by atoms with van der Waals surface area (Å²) in [5.41, 5.74) is 8.03. The van der Waals surface area contributed by atoms with Crippen molar-refractivity contribution in [2.75, 3.05) is 0 Å². The molecule has 12 aromatic rings. The lowest BCUT2D eigenvalue weighted by Crippen LogP contribution is -2.00. The van der Waals surface area contributed by atoms with Crippen LogP contribution in [0.2, 0.25) is 0 Å². The Morgan fingerprint density at radius 3 is 1.77 bits per heavy atom. The van der Waals surface area contributed by atoms with Crippen LogP contribution in [0.1, 0.15) is 0 Å². The molecule has 0 unspecified atom stereocenters. The van der Waals surface area contributed by atoms with Gasteiger partial charge in [0.05, 0.1) is 0 Å². The molecule has 0 atom stereocenters. The minimum atomic E-state index is 0.576. The highest BCUT2D eigenvalue weighted by molar-refractivity contribution is 6.20. The van der Waals surface area contributed by atoms with E-state index in [4.69, 9.17) is 23.8 Å². The molecule has 0 N–H and O–H groups in total. The van der Waals surface area contributed by atoms with Gasteiger partial charge in [-0.2, -0.15) is 0 Å². The molecular weight excluding hydrogens is 687 g/mol. The Bertz CT molecular complexity index is 3550. The van der Waals surface area contributed by atoms with E-state index in [2.05, 4.69) is 127 Å². The maximum Gasteiger partial charge on any atom is 0.164 e. The van der Waals surface area contributed by atoms with Crippen LogP contribution in [0.3, 0.4) is 0 Å². The van der Waals surface area contributed by atoms with Crippen LogP contribution >= 0.6 is 0 Å². The van der Waals surface area contributed by atoms with E-state index < -0.39 is 0 Å². The first kappa shape index (κ1) is 30.8. The zero-order valence-electron chi connectivity index (χ0n) is 29.9. The monoisotopic (exact) mass is 715 g/mol. The molecule has 0 saturated carbocycles. The number of fused-ring (bicyclic) bond motifs is 11. The average Bonchev–Trinajstić information content (AvgIpc) is 3.84. The molecule has 0 fully saturated rings. The lowest BCUT2D eigenvalue weighted by atomic mass is 9.96. The van der Waals surface area contributed by atoms with Gasteiger partial charge in [-0.05, 0) is 85.9 Å². The van der Waals surface area contributed by atoms with Gasteiger partial charge in [0.1, 0.15) is 22.3 Å². The van der Waals surface area contributed by atoms with Gasteiger partial charge in [-0.1, -0.05) is 133 Å². The molecule has 9 aromatic carbocycles. The summed E-state index contributed by atoms with van der Waals surface area (Å²) in [5, 5.41) is 11.3. The van der Waals surface area contributed by atoms with E-state index in [0.29, 0.717) is 17.5 Å². The lowest BCUT2D eigenvalue weighted by Gasteiger charge is -2.12. The molecule has 5 nitrogen and oxygen atoms in total. The SMILES string of the molecule is c1ccc(-c2nc(-c3ccc4c(ccc5ccccc54)c3)nc(-c3cc(-c4ccc5oc6ccc7ccccc7c6c5c4)cc4oc5ccccc5c34)n2)cc1. The van der Waals surface area contributed by atoms with E-state index in [1.807, 2.05) is 48.5 Å². The van der Waals surface area contributed by atoms with Crippen molar-refractivity contribution in [3.8, 4) is 45.3 Å². The molecule has 3 aromatic heterocycles. The standard InChI is InChI=1S/C51H29N3O2/c1-2-12-32(13-3-1)49-52-50(35-20-23-38-34(26-35)19-18-30-10-4-6-14-37(30)38)54-51(53-49)42-28-36(29-46-48(42)40-16-8-9-17-43(40)56-46)33-22-24-44-41(27-33)47-39-15-7-5-11-31(39)21-25-45(47)55-44/h1-29H.